The van der Waals surface area contributed by atoms with Gasteiger partial charge in [-0.2, -0.15) is 5.26 Å². The zero-order chi connectivity index (χ0) is 19.3. The van der Waals surface area contributed by atoms with Gasteiger partial charge in [0.1, 0.15) is 5.75 Å². The Hall–Kier alpha value is -3.03. The summed E-state index contributed by atoms with van der Waals surface area (Å²) in [6.07, 6.45) is 2.37. The minimum Gasteiger partial charge on any atom is -0.494 e. The highest BCUT2D eigenvalue weighted by Gasteiger charge is 2.22. The molecule has 28 heavy (non-hydrogen) atoms. The first-order chi connectivity index (χ1) is 13.8. The lowest BCUT2D eigenvalue weighted by atomic mass is 10.0. The Morgan fingerprint density at radius 3 is 2.43 bits per heavy atom. The van der Waals surface area contributed by atoms with Crippen molar-refractivity contribution >= 4 is 16.5 Å². The van der Waals surface area contributed by atoms with Crippen LogP contribution in [0.1, 0.15) is 30.9 Å². The number of hydrazine groups is 1. The van der Waals surface area contributed by atoms with Crippen molar-refractivity contribution in [1.29, 1.82) is 5.26 Å². The van der Waals surface area contributed by atoms with E-state index in [4.69, 9.17) is 4.74 Å². The molecule has 4 heteroatoms. The van der Waals surface area contributed by atoms with E-state index in [1.807, 2.05) is 43.3 Å². The van der Waals surface area contributed by atoms with Crippen molar-refractivity contribution in [2.75, 3.05) is 24.7 Å². The van der Waals surface area contributed by atoms with Crippen LogP contribution in [0, 0.1) is 11.3 Å². The molecule has 3 aromatic rings. The second kappa shape index (κ2) is 8.33. The van der Waals surface area contributed by atoms with Crippen molar-refractivity contribution in [1.82, 2.24) is 5.01 Å². The quantitative estimate of drug-likeness (QED) is 0.623. The molecule has 0 N–H and O–H groups in total. The summed E-state index contributed by atoms with van der Waals surface area (Å²) in [6.45, 7) is 5.57. The molecule has 1 aliphatic rings. The molecule has 1 fully saturated rings. The molecule has 4 rings (SSSR count). The first-order valence-corrected chi connectivity index (χ1v) is 9.96. The lowest BCUT2D eigenvalue weighted by Crippen LogP contribution is -2.47. The third kappa shape index (κ3) is 3.67. The molecule has 3 aromatic carbocycles. The monoisotopic (exact) mass is 371 g/mol. The Morgan fingerprint density at radius 2 is 1.68 bits per heavy atom. The number of ether oxygens (including phenoxy) is 1. The van der Waals surface area contributed by atoms with Gasteiger partial charge in [-0.1, -0.05) is 36.4 Å². The summed E-state index contributed by atoms with van der Waals surface area (Å²) in [5.74, 6) is 0.917. The van der Waals surface area contributed by atoms with Gasteiger partial charge in [0.25, 0.3) is 0 Å². The number of hydrogen-bond acceptors (Lipinski definition) is 4. The zero-order valence-electron chi connectivity index (χ0n) is 16.3. The minimum atomic E-state index is 0.686. The van der Waals surface area contributed by atoms with Gasteiger partial charge in [-0.25, -0.2) is 5.01 Å². The zero-order valence-corrected chi connectivity index (χ0v) is 16.3. The van der Waals surface area contributed by atoms with Gasteiger partial charge in [0.05, 0.1) is 23.9 Å². The van der Waals surface area contributed by atoms with Crippen LogP contribution in [0.25, 0.3) is 10.8 Å². The van der Waals surface area contributed by atoms with Crippen LogP contribution >= 0.6 is 0 Å². The van der Waals surface area contributed by atoms with Crippen LogP contribution < -0.4 is 9.75 Å². The van der Waals surface area contributed by atoms with Crippen LogP contribution in [-0.2, 0) is 6.54 Å². The van der Waals surface area contributed by atoms with Crippen molar-refractivity contribution in [3.8, 4) is 11.8 Å². The first-order valence-electron chi connectivity index (χ1n) is 9.96. The molecule has 0 spiro atoms. The molecule has 0 saturated carbocycles. The highest BCUT2D eigenvalue weighted by atomic mass is 16.5. The fourth-order valence-corrected chi connectivity index (χ4v) is 3.93. The summed E-state index contributed by atoms with van der Waals surface area (Å²) >= 11 is 0. The Bertz CT molecular complexity index is 991. The minimum absolute atomic E-state index is 0.686. The van der Waals surface area contributed by atoms with Gasteiger partial charge in [0.2, 0.25) is 0 Å². The molecule has 0 bridgehead atoms. The summed E-state index contributed by atoms with van der Waals surface area (Å²) in [5.41, 5.74) is 3.18. The fraction of sp³-hybridized carbons (Fsp3) is 0.292. The van der Waals surface area contributed by atoms with E-state index in [1.54, 1.807) is 0 Å². The summed E-state index contributed by atoms with van der Waals surface area (Å²) in [4.78, 5) is 0. The molecular weight excluding hydrogens is 346 g/mol. The maximum atomic E-state index is 9.46. The molecule has 0 radical (unpaired) electrons. The van der Waals surface area contributed by atoms with Gasteiger partial charge in [-0.3, -0.25) is 0 Å². The van der Waals surface area contributed by atoms with E-state index in [0.29, 0.717) is 6.61 Å². The van der Waals surface area contributed by atoms with E-state index in [1.165, 1.54) is 24.1 Å². The summed E-state index contributed by atoms with van der Waals surface area (Å²) in [6, 6.07) is 23.0. The molecule has 0 atom stereocenters. The Labute approximate surface area is 166 Å². The fourth-order valence-electron chi connectivity index (χ4n) is 3.93. The molecule has 1 saturated heterocycles. The number of hydrogen-bond donors (Lipinski definition) is 0. The maximum absolute atomic E-state index is 9.46. The predicted octanol–water partition coefficient (Wildman–Crippen LogP) is 5.13. The van der Waals surface area contributed by atoms with E-state index < -0.39 is 0 Å². The van der Waals surface area contributed by atoms with E-state index >= 15 is 0 Å². The van der Waals surface area contributed by atoms with E-state index in [9.17, 15) is 5.26 Å². The molecule has 4 nitrogen and oxygen atoms in total. The van der Waals surface area contributed by atoms with E-state index in [-0.39, 0.29) is 0 Å². The molecule has 1 aliphatic heterocycles. The number of rotatable bonds is 5. The normalized spacial score (nSPS) is 14.8. The van der Waals surface area contributed by atoms with E-state index in [0.717, 1.165) is 41.7 Å². The molecule has 0 amide bonds. The smallest absolute Gasteiger partial charge is 0.119 e. The topological polar surface area (TPSA) is 39.5 Å². The summed E-state index contributed by atoms with van der Waals surface area (Å²) in [7, 11) is 0. The standard InChI is InChI=1S/C24H25N3O/c1-2-28-21-12-9-19(10-13-21)18-26-15-5-6-16-27(26)24-14-11-20(17-25)22-7-3-4-8-23(22)24/h3-4,7-14H,2,5-6,15-16,18H2,1H3. The van der Waals surface area contributed by atoms with Gasteiger partial charge < -0.3 is 9.75 Å². The summed E-state index contributed by atoms with van der Waals surface area (Å²) < 4.78 is 5.56. The Balaban J connectivity index is 1.64. The van der Waals surface area contributed by atoms with Crippen LogP contribution in [0.15, 0.2) is 60.7 Å². The van der Waals surface area contributed by atoms with Crippen molar-refractivity contribution < 1.29 is 4.74 Å². The first kappa shape index (κ1) is 18.3. The third-order valence-corrected chi connectivity index (χ3v) is 5.28. The van der Waals surface area contributed by atoms with Gasteiger partial charge in [-0.15, -0.1) is 0 Å². The second-order valence-corrected chi connectivity index (χ2v) is 7.09. The van der Waals surface area contributed by atoms with Crippen LogP contribution in [0.4, 0.5) is 5.69 Å². The van der Waals surface area contributed by atoms with Crippen molar-refractivity contribution in [2.45, 2.75) is 26.3 Å². The van der Waals surface area contributed by atoms with Crippen LogP contribution in [0.3, 0.4) is 0 Å². The van der Waals surface area contributed by atoms with Crippen LogP contribution in [0.2, 0.25) is 0 Å². The molecule has 0 aromatic heterocycles. The second-order valence-electron chi connectivity index (χ2n) is 7.09. The van der Waals surface area contributed by atoms with Crippen LogP contribution in [-0.4, -0.2) is 24.7 Å². The molecular formula is C24H25N3O. The van der Waals surface area contributed by atoms with Crippen molar-refractivity contribution in [3.63, 3.8) is 0 Å². The molecule has 1 heterocycles. The van der Waals surface area contributed by atoms with Gasteiger partial charge in [-0.05, 0) is 49.6 Å². The third-order valence-electron chi connectivity index (χ3n) is 5.28. The average Bonchev–Trinajstić information content (AvgIpc) is 2.75. The summed E-state index contributed by atoms with van der Waals surface area (Å²) in [5, 5.41) is 16.4. The molecule has 0 unspecified atom stereocenters. The number of anilines is 1. The van der Waals surface area contributed by atoms with Gasteiger partial charge in [0, 0.05) is 30.4 Å². The lowest BCUT2D eigenvalue weighted by molar-refractivity contribution is 0.205. The lowest BCUT2D eigenvalue weighted by Gasteiger charge is -2.41. The Morgan fingerprint density at radius 1 is 0.929 bits per heavy atom. The molecule has 142 valence electrons. The average molecular weight is 371 g/mol. The highest BCUT2D eigenvalue weighted by Crippen LogP contribution is 2.32. The van der Waals surface area contributed by atoms with Gasteiger partial charge in [0.15, 0.2) is 0 Å². The van der Waals surface area contributed by atoms with Crippen molar-refractivity contribution in [3.05, 3.63) is 71.8 Å². The maximum Gasteiger partial charge on any atom is 0.119 e. The Kier molecular flexibility index (Phi) is 5.45. The highest BCUT2D eigenvalue weighted by molar-refractivity contribution is 5.97. The number of nitrogens with zero attached hydrogens (tertiary/aromatic N) is 3. The SMILES string of the molecule is CCOc1ccc(CN2CCCCN2c2ccc(C#N)c3ccccc23)cc1. The van der Waals surface area contributed by atoms with Crippen LogP contribution in [0.5, 0.6) is 5.75 Å². The van der Waals surface area contributed by atoms with E-state index in [2.05, 4.69) is 40.4 Å². The largest absolute Gasteiger partial charge is 0.494 e. The van der Waals surface area contributed by atoms with Gasteiger partial charge >= 0.3 is 0 Å². The number of benzene rings is 3. The number of fused-ring (bicyclic) bond motifs is 1. The number of nitriles is 1. The molecule has 0 aliphatic carbocycles. The predicted molar refractivity (Wildman–Crippen MR) is 113 cm³/mol. The van der Waals surface area contributed by atoms with Crippen molar-refractivity contribution in [2.24, 2.45) is 0 Å².